The summed E-state index contributed by atoms with van der Waals surface area (Å²) in [5.74, 6) is -1.06. The first-order chi connectivity index (χ1) is 10.6. The van der Waals surface area contributed by atoms with Crippen molar-refractivity contribution in [1.29, 1.82) is 0 Å². The fraction of sp³-hybridized carbons (Fsp3) is 0.333. The zero-order chi connectivity index (χ0) is 15.5. The second-order valence-electron chi connectivity index (χ2n) is 5.90. The molecule has 1 fully saturated rings. The topological polar surface area (TPSA) is 57.6 Å². The van der Waals surface area contributed by atoms with Gasteiger partial charge in [0.25, 0.3) is 0 Å². The monoisotopic (exact) mass is 297 g/mol. The van der Waals surface area contributed by atoms with Crippen molar-refractivity contribution in [3.05, 3.63) is 48.0 Å². The van der Waals surface area contributed by atoms with Gasteiger partial charge in [0.15, 0.2) is 5.78 Å². The molecule has 1 aliphatic heterocycles. The Morgan fingerprint density at radius 3 is 2.68 bits per heavy atom. The molecule has 4 heteroatoms. The first-order valence-corrected chi connectivity index (χ1v) is 7.60. The number of nitrogens with zero attached hydrogens (tertiary/aromatic N) is 1. The molecule has 1 saturated heterocycles. The van der Waals surface area contributed by atoms with Crippen molar-refractivity contribution in [2.75, 3.05) is 19.6 Å². The maximum atomic E-state index is 12.4. The number of likely N-dealkylation sites (tertiary alicyclic amines) is 1. The number of hydrogen-bond acceptors (Lipinski definition) is 3. The van der Waals surface area contributed by atoms with Crippen LogP contribution in [0.15, 0.2) is 42.5 Å². The third-order valence-corrected chi connectivity index (χ3v) is 4.29. The molecule has 1 atom stereocenters. The van der Waals surface area contributed by atoms with Crippen molar-refractivity contribution in [2.24, 2.45) is 5.92 Å². The summed E-state index contributed by atoms with van der Waals surface area (Å²) in [6, 6.07) is 13.7. The molecule has 2 aromatic carbocycles. The van der Waals surface area contributed by atoms with Crippen molar-refractivity contribution < 1.29 is 14.7 Å². The first kappa shape index (κ1) is 14.7. The van der Waals surface area contributed by atoms with Crippen LogP contribution in [0.25, 0.3) is 10.8 Å². The molecule has 1 aliphatic rings. The Morgan fingerprint density at radius 2 is 1.91 bits per heavy atom. The van der Waals surface area contributed by atoms with Crippen molar-refractivity contribution >= 4 is 22.5 Å². The van der Waals surface area contributed by atoms with E-state index in [9.17, 15) is 9.59 Å². The van der Waals surface area contributed by atoms with Gasteiger partial charge in [0, 0.05) is 12.1 Å². The SMILES string of the molecule is O=C(CN1CCCC(C(=O)O)C1)c1ccc2ccccc2c1. The molecular formula is C18H19NO3. The molecule has 22 heavy (non-hydrogen) atoms. The van der Waals surface area contributed by atoms with Gasteiger partial charge in [-0.15, -0.1) is 0 Å². The van der Waals surface area contributed by atoms with E-state index < -0.39 is 5.97 Å². The summed E-state index contributed by atoms with van der Waals surface area (Å²) < 4.78 is 0. The number of benzene rings is 2. The molecule has 0 saturated carbocycles. The summed E-state index contributed by atoms with van der Waals surface area (Å²) in [6.07, 6.45) is 1.54. The number of hydrogen-bond donors (Lipinski definition) is 1. The largest absolute Gasteiger partial charge is 0.481 e. The Hall–Kier alpha value is -2.20. The number of carbonyl (C=O) groups excluding carboxylic acids is 1. The molecule has 0 amide bonds. The van der Waals surface area contributed by atoms with E-state index in [1.807, 2.05) is 47.4 Å². The number of fused-ring (bicyclic) bond motifs is 1. The average molecular weight is 297 g/mol. The first-order valence-electron chi connectivity index (χ1n) is 7.60. The van der Waals surface area contributed by atoms with E-state index in [-0.39, 0.29) is 11.7 Å². The standard InChI is InChI=1S/C18H19NO3/c20-17(12-19-9-3-6-16(11-19)18(21)22)15-8-7-13-4-1-2-5-14(13)10-15/h1-2,4-5,7-8,10,16H,3,6,9,11-12H2,(H,21,22). The number of aliphatic carboxylic acids is 1. The number of ketones is 1. The van der Waals surface area contributed by atoms with Crippen molar-refractivity contribution in [3.63, 3.8) is 0 Å². The van der Waals surface area contributed by atoms with E-state index in [1.165, 1.54) is 0 Å². The summed E-state index contributed by atoms with van der Waals surface area (Å²) in [6.45, 7) is 1.56. The highest BCUT2D eigenvalue weighted by Crippen LogP contribution is 2.19. The lowest BCUT2D eigenvalue weighted by molar-refractivity contribution is -0.143. The lowest BCUT2D eigenvalue weighted by atomic mass is 9.97. The highest BCUT2D eigenvalue weighted by Gasteiger charge is 2.26. The summed E-state index contributed by atoms with van der Waals surface area (Å²) in [4.78, 5) is 25.5. The zero-order valence-corrected chi connectivity index (χ0v) is 12.4. The number of rotatable bonds is 4. The van der Waals surface area contributed by atoms with Gasteiger partial charge in [0.05, 0.1) is 12.5 Å². The minimum absolute atomic E-state index is 0.0526. The van der Waals surface area contributed by atoms with Crippen LogP contribution < -0.4 is 0 Å². The fourth-order valence-electron chi connectivity index (χ4n) is 3.06. The minimum Gasteiger partial charge on any atom is -0.481 e. The fourth-order valence-corrected chi connectivity index (χ4v) is 3.06. The van der Waals surface area contributed by atoms with E-state index in [4.69, 9.17) is 5.11 Å². The van der Waals surface area contributed by atoms with Gasteiger partial charge in [-0.1, -0.05) is 36.4 Å². The van der Waals surface area contributed by atoms with E-state index in [0.717, 1.165) is 23.7 Å². The molecule has 0 spiro atoms. The second-order valence-corrected chi connectivity index (χ2v) is 5.90. The van der Waals surface area contributed by atoms with Gasteiger partial charge < -0.3 is 5.11 Å². The molecule has 0 aliphatic carbocycles. The van der Waals surface area contributed by atoms with Crippen LogP contribution in [0, 0.1) is 5.92 Å². The van der Waals surface area contributed by atoms with Crippen LogP contribution in [0.5, 0.6) is 0 Å². The van der Waals surface area contributed by atoms with Crippen LogP contribution in [0.1, 0.15) is 23.2 Å². The molecule has 3 rings (SSSR count). The number of piperidine rings is 1. The summed E-state index contributed by atoms with van der Waals surface area (Å²) >= 11 is 0. The van der Waals surface area contributed by atoms with Gasteiger partial charge in [-0.05, 0) is 36.2 Å². The molecule has 4 nitrogen and oxygen atoms in total. The summed E-state index contributed by atoms with van der Waals surface area (Å²) in [5, 5.41) is 11.3. The average Bonchev–Trinajstić information content (AvgIpc) is 2.54. The lowest BCUT2D eigenvalue weighted by Gasteiger charge is -2.29. The van der Waals surface area contributed by atoms with Gasteiger partial charge in [-0.25, -0.2) is 0 Å². The van der Waals surface area contributed by atoms with Gasteiger partial charge >= 0.3 is 5.97 Å². The maximum absolute atomic E-state index is 12.4. The summed E-state index contributed by atoms with van der Waals surface area (Å²) in [5.41, 5.74) is 0.691. The molecule has 1 N–H and O–H groups in total. The van der Waals surface area contributed by atoms with Crippen LogP contribution in [-0.4, -0.2) is 41.4 Å². The second kappa shape index (κ2) is 6.28. The molecule has 1 heterocycles. The quantitative estimate of drug-likeness (QED) is 0.882. The van der Waals surface area contributed by atoms with E-state index >= 15 is 0 Å². The van der Waals surface area contributed by atoms with Crippen LogP contribution in [-0.2, 0) is 4.79 Å². The Bertz CT molecular complexity index is 710. The smallest absolute Gasteiger partial charge is 0.307 e. The molecule has 1 unspecified atom stereocenters. The number of carboxylic acids is 1. The lowest BCUT2D eigenvalue weighted by Crippen LogP contribution is -2.41. The van der Waals surface area contributed by atoms with Gasteiger partial charge in [0.1, 0.15) is 0 Å². The zero-order valence-electron chi connectivity index (χ0n) is 12.4. The molecule has 2 aromatic rings. The predicted octanol–water partition coefficient (Wildman–Crippen LogP) is 2.82. The van der Waals surface area contributed by atoms with Gasteiger partial charge in [-0.2, -0.15) is 0 Å². The van der Waals surface area contributed by atoms with Crippen LogP contribution in [0.2, 0.25) is 0 Å². The Balaban J connectivity index is 1.71. The molecule has 0 aromatic heterocycles. The Kier molecular flexibility index (Phi) is 4.20. The highest BCUT2D eigenvalue weighted by atomic mass is 16.4. The third-order valence-electron chi connectivity index (χ3n) is 4.29. The van der Waals surface area contributed by atoms with E-state index in [0.29, 0.717) is 25.1 Å². The van der Waals surface area contributed by atoms with E-state index in [2.05, 4.69) is 0 Å². The third kappa shape index (κ3) is 3.17. The maximum Gasteiger partial charge on any atom is 0.307 e. The minimum atomic E-state index is -0.761. The van der Waals surface area contributed by atoms with Gasteiger partial charge in [-0.3, -0.25) is 14.5 Å². The number of carboxylic acid groups (broad SMARTS) is 1. The molecule has 114 valence electrons. The van der Waals surface area contributed by atoms with Crippen molar-refractivity contribution in [1.82, 2.24) is 4.90 Å². The van der Waals surface area contributed by atoms with Crippen molar-refractivity contribution in [2.45, 2.75) is 12.8 Å². The predicted molar refractivity (Wildman–Crippen MR) is 85.1 cm³/mol. The molecule has 0 bridgehead atoms. The molecule has 0 radical (unpaired) electrons. The van der Waals surface area contributed by atoms with Crippen LogP contribution in [0.3, 0.4) is 0 Å². The Morgan fingerprint density at radius 1 is 1.14 bits per heavy atom. The van der Waals surface area contributed by atoms with E-state index in [1.54, 1.807) is 0 Å². The normalized spacial score (nSPS) is 19.2. The van der Waals surface area contributed by atoms with Crippen LogP contribution >= 0.6 is 0 Å². The molecular weight excluding hydrogens is 278 g/mol. The number of carbonyl (C=O) groups is 2. The van der Waals surface area contributed by atoms with Gasteiger partial charge in [0.2, 0.25) is 0 Å². The summed E-state index contributed by atoms with van der Waals surface area (Å²) in [7, 11) is 0. The van der Waals surface area contributed by atoms with Crippen LogP contribution in [0.4, 0.5) is 0 Å². The number of Topliss-reactive ketones (excluding diaryl/α,β-unsaturated/α-hetero) is 1. The van der Waals surface area contributed by atoms with Crippen molar-refractivity contribution in [3.8, 4) is 0 Å². The Labute approximate surface area is 129 Å². The highest BCUT2D eigenvalue weighted by molar-refractivity contribution is 6.01.